The first-order valence-corrected chi connectivity index (χ1v) is 6.33. The summed E-state index contributed by atoms with van der Waals surface area (Å²) in [7, 11) is 0. The van der Waals surface area contributed by atoms with Gasteiger partial charge in [0, 0.05) is 11.7 Å². The molecule has 0 bridgehead atoms. The monoisotopic (exact) mass is 264 g/mol. The normalized spacial score (nSPS) is 13.4. The highest BCUT2D eigenvalue weighted by Crippen LogP contribution is 2.10. The molecule has 5 heteroatoms. The van der Waals surface area contributed by atoms with Crippen LogP contribution in [0.1, 0.15) is 26.3 Å². The molecule has 0 heterocycles. The Labute approximate surface area is 113 Å². The first-order valence-electron chi connectivity index (χ1n) is 6.33. The number of anilines is 1. The Morgan fingerprint density at radius 1 is 1.21 bits per heavy atom. The van der Waals surface area contributed by atoms with E-state index in [2.05, 4.69) is 17.6 Å². The molecule has 19 heavy (non-hydrogen) atoms. The van der Waals surface area contributed by atoms with E-state index in [0.717, 1.165) is 6.42 Å². The fourth-order valence-electron chi connectivity index (χ4n) is 1.54. The molecule has 0 aliphatic heterocycles. The number of hydrogen-bond donors (Lipinski definition) is 3. The van der Waals surface area contributed by atoms with Gasteiger partial charge in [-0.2, -0.15) is 0 Å². The Balaban J connectivity index is 2.52. The van der Waals surface area contributed by atoms with Gasteiger partial charge in [0.1, 0.15) is 0 Å². The Hall–Kier alpha value is -2.04. The SMILES string of the molecule is CCc1ccc(NC(=O)NC(C)C(C)C(=O)O)cc1. The van der Waals surface area contributed by atoms with Gasteiger partial charge >= 0.3 is 12.0 Å². The van der Waals surface area contributed by atoms with Crippen LogP contribution in [0.3, 0.4) is 0 Å². The highest BCUT2D eigenvalue weighted by atomic mass is 16.4. The molecule has 0 aliphatic rings. The molecule has 0 aromatic heterocycles. The predicted octanol–water partition coefficient (Wildman–Crippen LogP) is 2.48. The van der Waals surface area contributed by atoms with Crippen molar-refractivity contribution < 1.29 is 14.7 Å². The Morgan fingerprint density at radius 3 is 2.26 bits per heavy atom. The Bertz CT molecular complexity index is 443. The van der Waals surface area contributed by atoms with Crippen molar-refractivity contribution in [2.45, 2.75) is 33.2 Å². The molecular formula is C14H20N2O3. The minimum Gasteiger partial charge on any atom is -0.481 e. The maximum Gasteiger partial charge on any atom is 0.319 e. The number of carbonyl (C=O) groups is 2. The zero-order valence-electron chi connectivity index (χ0n) is 11.4. The van der Waals surface area contributed by atoms with Crippen LogP contribution in [0.2, 0.25) is 0 Å². The lowest BCUT2D eigenvalue weighted by Crippen LogP contribution is -2.42. The van der Waals surface area contributed by atoms with Gasteiger partial charge in [0.25, 0.3) is 0 Å². The summed E-state index contributed by atoms with van der Waals surface area (Å²) < 4.78 is 0. The van der Waals surface area contributed by atoms with E-state index in [9.17, 15) is 9.59 Å². The summed E-state index contributed by atoms with van der Waals surface area (Å²) in [6, 6.07) is 6.70. The van der Waals surface area contributed by atoms with E-state index in [0.29, 0.717) is 5.69 Å². The largest absolute Gasteiger partial charge is 0.481 e. The molecule has 0 fully saturated rings. The van der Waals surface area contributed by atoms with Gasteiger partial charge in [0.2, 0.25) is 0 Å². The first kappa shape index (κ1) is 15.0. The molecule has 2 amide bonds. The second kappa shape index (κ2) is 6.78. The van der Waals surface area contributed by atoms with Gasteiger partial charge < -0.3 is 15.7 Å². The quantitative estimate of drug-likeness (QED) is 0.764. The number of amides is 2. The van der Waals surface area contributed by atoms with Crippen LogP contribution in [0, 0.1) is 5.92 Å². The van der Waals surface area contributed by atoms with Crippen LogP contribution in [0.15, 0.2) is 24.3 Å². The van der Waals surface area contributed by atoms with Gasteiger partial charge in [-0.25, -0.2) is 4.79 Å². The Kier molecular flexibility index (Phi) is 5.36. The van der Waals surface area contributed by atoms with Crippen molar-refractivity contribution in [3.8, 4) is 0 Å². The molecule has 1 aromatic rings. The van der Waals surface area contributed by atoms with E-state index < -0.39 is 24.0 Å². The van der Waals surface area contributed by atoms with E-state index in [1.165, 1.54) is 5.56 Å². The summed E-state index contributed by atoms with van der Waals surface area (Å²) in [5, 5.41) is 14.1. The highest BCUT2D eigenvalue weighted by Gasteiger charge is 2.20. The minimum absolute atomic E-state index is 0.398. The summed E-state index contributed by atoms with van der Waals surface area (Å²) in [5.74, 6) is -1.56. The predicted molar refractivity (Wildman–Crippen MR) is 74.2 cm³/mol. The van der Waals surface area contributed by atoms with Crippen LogP contribution >= 0.6 is 0 Å². The number of aliphatic carboxylic acids is 1. The van der Waals surface area contributed by atoms with Crippen LogP contribution in [0.25, 0.3) is 0 Å². The molecule has 0 saturated carbocycles. The maximum atomic E-state index is 11.7. The zero-order chi connectivity index (χ0) is 14.4. The van der Waals surface area contributed by atoms with E-state index in [1.807, 2.05) is 24.3 Å². The van der Waals surface area contributed by atoms with Crippen molar-refractivity contribution >= 4 is 17.7 Å². The zero-order valence-corrected chi connectivity index (χ0v) is 11.4. The minimum atomic E-state index is -0.930. The van der Waals surface area contributed by atoms with Crippen LogP contribution in [-0.2, 0) is 11.2 Å². The second-order valence-electron chi connectivity index (χ2n) is 4.56. The fourth-order valence-corrected chi connectivity index (χ4v) is 1.54. The molecule has 0 radical (unpaired) electrons. The van der Waals surface area contributed by atoms with E-state index in [1.54, 1.807) is 13.8 Å². The molecule has 0 aliphatic carbocycles. The van der Waals surface area contributed by atoms with Crippen molar-refractivity contribution in [3.05, 3.63) is 29.8 Å². The first-order chi connectivity index (χ1) is 8.93. The van der Waals surface area contributed by atoms with E-state index >= 15 is 0 Å². The van der Waals surface area contributed by atoms with Gasteiger partial charge in [-0.3, -0.25) is 4.79 Å². The number of nitrogens with one attached hydrogen (secondary N) is 2. The lowest BCUT2D eigenvalue weighted by Gasteiger charge is -2.18. The maximum absolute atomic E-state index is 11.7. The summed E-state index contributed by atoms with van der Waals surface area (Å²) in [4.78, 5) is 22.5. The van der Waals surface area contributed by atoms with Crippen LogP contribution in [0.5, 0.6) is 0 Å². The number of carbonyl (C=O) groups excluding carboxylic acids is 1. The summed E-state index contributed by atoms with van der Waals surface area (Å²) >= 11 is 0. The van der Waals surface area contributed by atoms with E-state index in [4.69, 9.17) is 5.11 Å². The van der Waals surface area contributed by atoms with Crippen LogP contribution in [-0.4, -0.2) is 23.1 Å². The number of urea groups is 1. The Morgan fingerprint density at radius 2 is 1.79 bits per heavy atom. The fraction of sp³-hybridized carbons (Fsp3) is 0.429. The van der Waals surface area contributed by atoms with Crippen LogP contribution < -0.4 is 10.6 Å². The molecule has 104 valence electrons. The average molecular weight is 264 g/mol. The van der Waals surface area contributed by atoms with Crippen molar-refractivity contribution in [2.24, 2.45) is 5.92 Å². The summed E-state index contributed by atoms with van der Waals surface area (Å²) in [6.07, 6.45) is 0.944. The summed E-state index contributed by atoms with van der Waals surface area (Å²) in [5.41, 5.74) is 1.88. The number of carboxylic acids is 1. The average Bonchev–Trinajstić information content (AvgIpc) is 2.38. The standard InChI is InChI=1S/C14H20N2O3/c1-4-11-5-7-12(8-6-11)16-14(19)15-10(3)9(2)13(17)18/h5-10H,4H2,1-3H3,(H,17,18)(H2,15,16,19). The number of aryl methyl sites for hydroxylation is 1. The lowest BCUT2D eigenvalue weighted by atomic mass is 10.0. The number of benzene rings is 1. The molecule has 5 nitrogen and oxygen atoms in total. The topological polar surface area (TPSA) is 78.4 Å². The van der Waals surface area contributed by atoms with Crippen molar-refractivity contribution in [1.29, 1.82) is 0 Å². The van der Waals surface area contributed by atoms with E-state index in [-0.39, 0.29) is 0 Å². The molecule has 2 atom stereocenters. The van der Waals surface area contributed by atoms with Gasteiger partial charge in [0.05, 0.1) is 5.92 Å². The molecule has 0 saturated heterocycles. The van der Waals surface area contributed by atoms with Crippen LogP contribution in [0.4, 0.5) is 10.5 Å². The molecule has 3 N–H and O–H groups in total. The lowest BCUT2D eigenvalue weighted by molar-refractivity contribution is -0.141. The smallest absolute Gasteiger partial charge is 0.319 e. The van der Waals surface area contributed by atoms with Crippen molar-refractivity contribution in [1.82, 2.24) is 5.32 Å². The molecular weight excluding hydrogens is 244 g/mol. The third-order valence-corrected chi connectivity index (χ3v) is 3.12. The second-order valence-corrected chi connectivity index (χ2v) is 4.56. The number of rotatable bonds is 5. The van der Waals surface area contributed by atoms with Gasteiger partial charge in [-0.05, 0) is 38.0 Å². The van der Waals surface area contributed by atoms with Gasteiger partial charge in [-0.15, -0.1) is 0 Å². The van der Waals surface area contributed by atoms with Crippen molar-refractivity contribution in [2.75, 3.05) is 5.32 Å². The molecule has 0 spiro atoms. The molecule has 2 unspecified atom stereocenters. The summed E-state index contributed by atoms with van der Waals surface area (Å²) in [6.45, 7) is 5.28. The van der Waals surface area contributed by atoms with Crippen molar-refractivity contribution in [3.63, 3.8) is 0 Å². The number of hydrogen-bond acceptors (Lipinski definition) is 2. The number of carboxylic acid groups (broad SMARTS) is 1. The van der Waals surface area contributed by atoms with Gasteiger partial charge in [-0.1, -0.05) is 19.1 Å². The molecule has 1 rings (SSSR count). The highest BCUT2D eigenvalue weighted by molar-refractivity contribution is 5.89. The third kappa shape index (κ3) is 4.62. The molecule has 1 aromatic carbocycles. The van der Waals surface area contributed by atoms with Gasteiger partial charge in [0.15, 0.2) is 0 Å². The third-order valence-electron chi connectivity index (χ3n) is 3.12.